The summed E-state index contributed by atoms with van der Waals surface area (Å²) in [6.07, 6.45) is 1.33. The lowest BCUT2D eigenvalue weighted by Gasteiger charge is -2.69. The fourth-order valence-electron chi connectivity index (χ4n) is 7.96. The lowest BCUT2D eigenvalue weighted by atomic mass is 9.40. The van der Waals surface area contributed by atoms with Crippen molar-refractivity contribution in [3.8, 4) is 0 Å². The summed E-state index contributed by atoms with van der Waals surface area (Å²) in [5, 5.41) is 66.8. The zero-order valence-corrected chi connectivity index (χ0v) is 16.7. The maximum Gasteiger partial charge on any atom is 0.104 e. The van der Waals surface area contributed by atoms with Crippen molar-refractivity contribution in [2.24, 2.45) is 22.7 Å². The molecule has 0 aromatic rings. The minimum atomic E-state index is -1.67. The van der Waals surface area contributed by atoms with Crippen molar-refractivity contribution < 1.29 is 30.6 Å². The first-order valence-corrected chi connectivity index (χ1v) is 10.6. The second-order valence-electron chi connectivity index (χ2n) is 10.6. The Bertz CT molecular complexity index is 626. The van der Waals surface area contributed by atoms with E-state index in [0.717, 1.165) is 6.42 Å². The highest BCUT2D eigenvalue weighted by atomic mass is 16.4. The molecule has 0 aromatic carbocycles. The number of rotatable bonds is 1. The van der Waals surface area contributed by atoms with Crippen LogP contribution in [0.3, 0.4) is 0 Å². The SMILES string of the molecule is CC(O)[C@]1(O)CC[C@@]2(O)[C@]1(C)[C@H](O)C[C@@H]1[C@@]3(C)CC[C@H](O)C[C@@H]3CC[C@]12O. The van der Waals surface area contributed by atoms with Crippen molar-refractivity contribution in [3.05, 3.63) is 0 Å². The fraction of sp³-hybridized carbons (Fsp3) is 1.00. The van der Waals surface area contributed by atoms with Crippen LogP contribution >= 0.6 is 0 Å². The van der Waals surface area contributed by atoms with Crippen LogP contribution in [0.4, 0.5) is 0 Å². The van der Waals surface area contributed by atoms with Crippen molar-refractivity contribution >= 4 is 0 Å². The zero-order valence-electron chi connectivity index (χ0n) is 16.7. The summed E-state index contributed by atoms with van der Waals surface area (Å²) >= 11 is 0. The molecule has 4 rings (SSSR count). The Morgan fingerprint density at radius 1 is 0.889 bits per heavy atom. The third-order valence-electron chi connectivity index (χ3n) is 9.91. The van der Waals surface area contributed by atoms with Crippen LogP contribution in [0.15, 0.2) is 0 Å². The van der Waals surface area contributed by atoms with Crippen molar-refractivity contribution in [1.82, 2.24) is 0 Å². The number of aliphatic hydroxyl groups excluding tert-OH is 3. The highest BCUT2D eigenvalue weighted by Gasteiger charge is 2.80. The molecule has 4 fully saturated rings. The highest BCUT2D eigenvalue weighted by Crippen LogP contribution is 2.71. The molecule has 27 heavy (non-hydrogen) atoms. The first-order chi connectivity index (χ1) is 12.4. The molecular formula is C21H36O6. The Kier molecular flexibility index (Phi) is 4.21. The predicted octanol–water partition coefficient (Wildman–Crippen LogP) is 0.702. The van der Waals surface area contributed by atoms with Gasteiger partial charge in [0, 0.05) is 0 Å². The summed E-state index contributed by atoms with van der Waals surface area (Å²) < 4.78 is 0. The monoisotopic (exact) mass is 384 g/mol. The van der Waals surface area contributed by atoms with Gasteiger partial charge in [0.05, 0.1) is 29.3 Å². The molecule has 1 unspecified atom stereocenters. The smallest absolute Gasteiger partial charge is 0.104 e. The van der Waals surface area contributed by atoms with Gasteiger partial charge in [-0.2, -0.15) is 0 Å². The molecule has 0 aromatic heterocycles. The molecule has 4 aliphatic carbocycles. The van der Waals surface area contributed by atoms with E-state index < -0.39 is 34.4 Å². The Morgan fingerprint density at radius 2 is 1.56 bits per heavy atom. The van der Waals surface area contributed by atoms with Crippen LogP contribution in [0.25, 0.3) is 0 Å². The maximum absolute atomic E-state index is 12.0. The van der Waals surface area contributed by atoms with Crippen LogP contribution < -0.4 is 0 Å². The van der Waals surface area contributed by atoms with Gasteiger partial charge in [-0.3, -0.25) is 0 Å². The largest absolute Gasteiger partial charge is 0.393 e. The number of hydrogen-bond acceptors (Lipinski definition) is 6. The van der Waals surface area contributed by atoms with Crippen LogP contribution in [0, 0.1) is 22.7 Å². The van der Waals surface area contributed by atoms with Crippen molar-refractivity contribution in [3.63, 3.8) is 0 Å². The lowest BCUT2D eigenvalue weighted by molar-refractivity contribution is -0.341. The van der Waals surface area contributed by atoms with Gasteiger partial charge < -0.3 is 30.6 Å². The topological polar surface area (TPSA) is 121 Å². The fourth-order valence-corrected chi connectivity index (χ4v) is 7.96. The third kappa shape index (κ3) is 2.07. The van der Waals surface area contributed by atoms with Crippen LogP contribution in [-0.4, -0.2) is 65.8 Å². The summed E-state index contributed by atoms with van der Waals surface area (Å²) in [5.74, 6) is -0.0515. The molecule has 156 valence electrons. The van der Waals surface area contributed by atoms with E-state index >= 15 is 0 Å². The average molecular weight is 385 g/mol. The second-order valence-corrected chi connectivity index (χ2v) is 10.6. The van der Waals surface area contributed by atoms with Crippen LogP contribution in [0.1, 0.15) is 72.1 Å². The molecule has 6 nitrogen and oxygen atoms in total. The van der Waals surface area contributed by atoms with Gasteiger partial charge in [0.25, 0.3) is 0 Å². The molecule has 6 heteroatoms. The van der Waals surface area contributed by atoms with Crippen LogP contribution in [-0.2, 0) is 0 Å². The molecule has 0 bridgehead atoms. The molecule has 0 radical (unpaired) electrons. The van der Waals surface area contributed by atoms with Crippen molar-refractivity contribution in [2.45, 2.75) is 107 Å². The molecule has 0 spiro atoms. The Morgan fingerprint density at radius 3 is 2.19 bits per heavy atom. The minimum absolute atomic E-state index is 0.141. The van der Waals surface area contributed by atoms with Crippen LogP contribution in [0.5, 0.6) is 0 Å². The number of fused-ring (bicyclic) bond motifs is 5. The normalized spacial score (nSPS) is 61.7. The van der Waals surface area contributed by atoms with Gasteiger partial charge in [-0.1, -0.05) is 13.8 Å². The molecule has 4 saturated carbocycles. The maximum atomic E-state index is 12.0. The molecule has 0 saturated heterocycles. The van der Waals surface area contributed by atoms with E-state index in [9.17, 15) is 30.6 Å². The second kappa shape index (κ2) is 5.67. The molecule has 4 aliphatic rings. The van der Waals surface area contributed by atoms with E-state index in [2.05, 4.69) is 6.92 Å². The van der Waals surface area contributed by atoms with Crippen molar-refractivity contribution in [2.75, 3.05) is 0 Å². The molecule has 10 atom stereocenters. The third-order valence-corrected chi connectivity index (χ3v) is 9.91. The minimum Gasteiger partial charge on any atom is -0.393 e. The number of hydrogen-bond donors (Lipinski definition) is 6. The van der Waals surface area contributed by atoms with Gasteiger partial charge in [-0.25, -0.2) is 0 Å². The highest BCUT2D eigenvalue weighted by molar-refractivity contribution is 5.30. The summed E-state index contributed by atoms with van der Waals surface area (Å²) in [6, 6.07) is 0. The molecule has 0 aliphatic heterocycles. The van der Waals surface area contributed by atoms with E-state index in [-0.39, 0.29) is 42.6 Å². The van der Waals surface area contributed by atoms with Gasteiger partial charge in [0.1, 0.15) is 11.2 Å². The first kappa shape index (κ1) is 20.0. The van der Waals surface area contributed by atoms with Gasteiger partial charge in [-0.05, 0) is 75.5 Å². The number of aliphatic hydroxyl groups is 6. The standard InChI is InChI=1S/C21H36O6/c1-12(22)19(25)8-9-21(27)18(19,3)16(24)11-15-17(2)6-5-14(23)10-13(17)4-7-20(15,21)26/h12-16,22-27H,4-11H2,1-3H3/t12?,13-,14-,15+,16+,17-,18+,19+,20-,21+/m0/s1. The van der Waals surface area contributed by atoms with Gasteiger partial charge in [0.2, 0.25) is 0 Å². The van der Waals surface area contributed by atoms with E-state index in [1.54, 1.807) is 6.92 Å². The van der Waals surface area contributed by atoms with Gasteiger partial charge in [0.15, 0.2) is 0 Å². The summed E-state index contributed by atoms with van der Waals surface area (Å²) in [5.41, 5.74) is -6.42. The lowest BCUT2D eigenvalue weighted by Crippen LogP contribution is -2.79. The van der Waals surface area contributed by atoms with Crippen LogP contribution in [0.2, 0.25) is 0 Å². The Labute approximate surface area is 161 Å². The predicted molar refractivity (Wildman–Crippen MR) is 98.7 cm³/mol. The molecule has 0 amide bonds. The first-order valence-electron chi connectivity index (χ1n) is 10.6. The summed E-state index contributed by atoms with van der Waals surface area (Å²) in [4.78, 5) is 0. The average Bonchev–Trinajstić information content (AvgIpc) is 2.83. The molecular weight excluding hydrogens is 348 g/mol. The zero-order chi connectivity index (χ0) is 20.0. The Balaban J connectivity index is 1.81. The van der Waals surface area contributed by atoms with E-state index in [0.29, 0.717) is 25.7 Å². The molecule has 6 N–H and O–H groups in total. The van der Waals surface area contributed by atoms with Crippen molar-refractivity contribution in [1.29, 1.82) is 0 Å². The van der Waals surface area contributed by atoms with E-state index in [4.69, 9.17) is 0 Å². The van der Waals surface area contributed by atoms with Gasteiger partial charge in [-0.15, -0.1) is 0 Å². The molecule has 0 heterocycles. The summed E-state index contributed by atoms with van der Waals surface area (Å²) in [6.45, 7) is 5.25. The van der Waals surface area contributed by atoms with Gasteiger partial charge >= 0.3 is 0 Å². The van der Waals surface area contributed by atoms with E-state index in [1.807, 2.05) is 0 Å². The summed E-state index contributed by atoms with van der Waals surface area (Å²) in [7, 11) is 0. The quantitative estimate of drug-likeness (QED) is 0.396. The Hall–Kier alpha value is -0.240. The van der Waals surface area contributed by atoms with E-state index in [1.165, 1.54) is 6.92 Å².